The Morgan fingerprint density at radius 1 is 1.56 bits per heavy atom. The van der Waals surface area contributed by atoms with E-state index in [-0.39, 0.29) is 11.7 Å². The molecule has 0 saturated carbocycles. The second-order valence-corrected chi connectivity index (χ2v) is 5.84. The summed E-state index contributed by atoms with van der Waals surface area (Å²) in [5.74, 6) is 0. The van der Waals surface area contributed by atoms with Crippen LogP contribution < -0.4 is 0 Å². The van der Waals surface area contributed by atoms with E-state index in [0.717, 1.165) is 26.1 Å². The normalized spacial score (nSPS) is 25.0. The molecule has 0 bridgehead atoms. The lowest BCUT2D eigenvalue weighted by molar-refractivity contribution is -0.174. The molecule has 16 heavy (non-hydrogen) atoms. The number of alkyl halides is 1. The maximum Gasteiger partial charge on any atom is 0.157 e. The van der Waals surface area contributed by atoms with Crippen molar-refractivity contribution in [2.75, 3.05) is 17.6 Å². The number of halogens is 1. The van der Waals surface area contributed by atoms with Gasteiger partial charge >= 0.3 is 0 Å². The summed E-state index contributed by atoms with van der Waals surface area (Å²) >= 11 is 2.42. The summed E-state index contributed by atoms with van der Waals surface area (Å²) in [6.45, 7) is 7.73. The van der Waals surface area contributed by atoms with Crippen molar-refractivity contribution >= 4 is 22.6 Å². The van der Waals surface area contributed by atoms with E-state index in [1.54, 1.807) is 0 Å². The fraction of sp³-hybridized carbons (Fsp3) is 0.846. The average Bonchev–Trinajstić information content (AvgIpc) is 2.35. The molecule has 0 aromatic rings. The van der Waals surface area contributed by atoms with Gasteiger partial charge in [-0.15, -0.1) is 6.58 Å². The molecule has 0 spiro atoms. The topological polar surface area (TPSA) is 18.5 Å². The average molecular weight is 338 g/mol. The Kier molecular flexibility index (Phi) is 6.92. The molecule has 94 valence electrons. The monoisotopic (exact) mass is 338 g/mol. The Balaban J connectivity index is 2.28. The standard InChI is InChI=1S/C13H23IO2/c1-3-13(2,8-6-9-14)11-16-12-7-4-5-10-15-12/h3,12H,1,4-11H2,2H3. The first kappa shape index (κ1) is 14.5. The molecule has 0 aromatic carbocycles. The fourth-order valence-corrected chi connectivity index (χ4v) is 2.21. The zero-order chi connectivity index (χ0) is 11.9. The van der Waals surface area contributed by atoms with Crippen LogP contribution in [0.3, 0.4) is 0 Å². The number of rotatable bonds is 7. The molecule has 2 atom stereocenters. The third-order valence-electron chi connectivity index (χ3n) is 3.11. The molecule has 0 radical (unpaired) electrons. The molecule has 1 aliphatic rings. The van der Waals surface area contributed by atoms with Gasteiger partial charge < -0.3 is 9.47 Å². The first-order chi connectivity index (χ1) is 7.70. The summed E-state index contributed by atoms with van der Waals surface area (Å²) in [5.41, 5.74) is 0.103. The summed E-state index contributed by atoms with van der Waals surface area (Å²) in [7, 11) is 0. The first-order valence-corrected chi connectivity index (χ1v) is 7.65. The highest BCUT2D eigenvalue weighted by atomic mass is 127. The smallest absolute Gasteiger partial charge is 0.157 e. The SMILES string of the molecule is C=CC(C)(CCCI)COC1CCCCO1. The van der Waals surface area contributed by atoms with Crippen LogP contribution in [0.2, 0.25) is 0 Å². The molecule has 1 saturated heterocycles. The molecular weight excluding hydrogens is 315 g/mol. The largest absolute Gasteiger partial charge is 0.353 e. The van der Waals surface area contributed by atoms with E-state index in [1.165, 1.54) is 23.7 Å². The van der Waals surface area contributed by atoms with Crippen molar-refractivity contribution in [3.05, 3.63) is 12.7 Å². The van der Waals surface area contributed by atoms with E-state index < -0.39 is 0 Å². The van der Waals surface area contributed by atoms with Crippen LogP contribution in [0, 0.1) is 5.41 Å². The molecule has 0 N–H and O–H groups in total. The van der Waals surface area contributed by atoms with Gasteiger partial charge in [0.1, 0.15) is 0 Å². The van der Waals surface area contributed by atoms with Crippen LogP contribution in [0.25, 0.3) is 0 Å². The number of hydrogen-bond donors (Lipinski definition) is 0. The number of hydrogen-bond acceptors (Lipinski definition) is 2. The van der Waals surface area contributed by atoms with Crippen molar-refractivity contribution in [1.82, 2.24) is 0 Å². The molecule has 1 fully saturated rings. The summed E-state index contributed by atoms with van der Waals surface area (Å²) in [6, 6.07) is 0. The summed E-state index contributed by atoms with van der Waals surface area (Å²) in [5, 5.41) is 0. The van der Waals surface area contributed by atoms with Gasteiger partial charge in [-0.1, -0.05) is 35.6 Å². The van der Waals surface area contributed by atoms with Crippen LogP contribution in [0.15, 0.2) is 12.7 Å². The molecule has 0 aliphatic carbocycles. The summed E-state index contributed by atoms with van der Waals surface area (Å²) in [6.07, 6.45) is 7.86. The van der Waals surface area contributed by atoms with Gasteiger partial charge in [0.15, 0.2) is 6.29 Å². The quantitative estimate of drug-likeness (QED) is 0.398. The Morgan fingerprint density at radius 3 is 2.94 bits per heavy atom. The van der Waals surface area contributed by atoms with Crippen molar-refractivity contribution < 1.29 is 9.47 Å². The minimum Gasteiger partial charge on any atom is -0.353 e. The van der Waals surface area contributed by atoms with Gasteiger partial charge in [0.05, 0.1) is 6.61 Å². The van der Waals surface area contributed by atoms with Crippen molar-refractivity contribution in [3.8, 4) is 0 Å². The molecule has 0 aromatic heterocycles. The van der Waals surface area contributed by atoms with Crippen LogP contribution in [0.4, 0.5) is 0 Å². The maximum absolute atomic E-state index is 5.84. The Labute approximate surface area is 113 Å². The predicted molar refractivity (Wildman–Crippen MR) is 76.0 cm³/mol. The Morgan fingerprint density at radius 2 is 2.38 bits per heavy atom. The van der Waals surface area contributed by atoms with E-state index >= 15 is 0 Å². The van der Waals surface area contributed by atoms with Gasteiger partial charge in [-0.2, -0.15) is 0 Å². The van der Waals surface area contributed by atoms with Crippen molar-refractivity contribution in [2.45, 2.75) is 45.3 Å². The molecule has 2 unspecified atom stereocenters. The third-order valence-corrected chi connectivity index (χ3v) is 3.87. The van der Waals surface area contributed by atoms with Gasteiger partial charge in [-0.05, 0) is 36.5 Å². The summed E-state index contributed by atoms with van der Waals surface area (Å²) < 4.78 is 12.6. The third kappa shape index (κ3) is 5.15. The molecular formula is C13H23IO2. The second kappa shape index (κ2) is 7.67. The highest BCUT2D eigenvalue weighted by Gasteiger charge is 2.23. The number of ether oxygens (including phenoxy) is 2. The van der Waals surface area contributed by atoms with E-state index in [1.807, 2.05) is 6.08 Å². The zero-order valence-electron chi connectivity index (χ0n) is 10.2. The van der Waals surface area contributed by atoms with Gasteiger partial charge in [0, 0.05) is 12.0 Å². The van der Waals surface area contributed by atoms with Crippen LogP contribution >= 0.6 is 22.6 Å². The van der Waals surface area contributed by atoms with E-state index in [0.29, 0.717) is 0 Å². The van der Waals surface area contributed by atoms with Gasteiger partial charge in [0.25, 0.3) is 0 Å². The van der Waals surface area contributed by atoms with Crippen LogP contribution in [0.1, 0.15) is 39.0 Å². The lowest BCUT2D eigenvalue weighted by atomic mass is 9.87. The predicted octanol–water partition coefficient (Wildman–Crippen LogP) is 3.94. The fourth-order valence-electron chi connectivity index (χ4n) is 1.83. The van der Waals surface area contributed by atoms with E-state index in [2.05, 4.69) is 36.1 Å². The minimum absolute atomic E-state index is 0.0210. The van der Waals surface area contributed by atoms with Crippen LogP contribution in [0.5, 0.6) is 0 Å². The van der Waals surface area contributed by atoms with Crippen molar-refractivity contribution in [1.29, 1.82) is 0 Å². The van der Waals surface area contributed by atoms with Gasteiger partial charge in [-0.3, -0.25) is 0 Å². The first-order valence-electron chi connectivity index (χ1n) is 6.13. The van der Waals surface area contributed by atoms with E-state index in [4.69, 9.17) is 9.47 Å². The highest BCUT2D eigenvalue weighted by molar-refractivity contribution is 14.1. The Hall–Kier alpha value is 0.390. The van der Waals surface area contributed by atoms with Crippen molar-refractivity contribution in [3.63, 3.8) is 0 Å². The minimum atomic E-state index is 0.0210. The van der Waals surface area contributed by atoms with Crippen molar-refractivity contribution in [2.24, 2.45) is 5.41 Å². The lowest BCUT2D eigenvalue weighted by Crippen LogP contribution is -2.29. The molecule has 2 nitrogen and oxygen atoms in total. The van der Waals surface area contributed by atoms with Crippen LogP contribution in [-0.2, 0) is 9.47 Å². The molecule has 3 heteroatoms. The van der Waals surface area contributed by atoms with Crippen LogP contribution in [-0.4, -0.2) is 23.9 Å². The molecule has 1 aliphatic heterocycles. The maximum atomic E-state index is 5.84. The zero-order valence-corrected chi connectivity index (χ0v) is 12.4. The lowest BCUT2D eigenvalue weighted by Gasteiger charge is -2.30. The van der Waals surface area contributed by atoms with Gasteiger partial charge in [-0.25, -0.2) is 0 Å². The van der Waals surface area contributed by atoms with Gasteiger partial charge in [0.2, 0.25) is 0 Å². The molecule has 1 rings (SSSR count). The summed E-state index contributed by atoms with van der Waals surface area (Å²) in [4.78, 5) is 0. The Bertz CT molecular complexity index is 202. The molecule has 1 heterocycles. The van der Waals surface area contributed by atoms with E-state index in [9.17, 15) is 0 Å². The second-order valence-electron chi connectivity index (χ2n) is 4.76. The molecule has 0 amide bonds. The highest BCUT2D eigenvalue weighted by Crippen LogP contribution is 2.27.